The molecule has 1 rings (SSSR count). The number of sulfonamides is 1. The van der Waals surface area contributed by atoms with Gasteiger partial charge in [0, 0.05) is 19.7 Å². The molecule has 0 bridgehead atoms. The number of nitrogens with one attached hydrogen (secondary N) is 1. The summed E-state index contributed by atoms with van der Waals surface area (Å²) in [4.78, 5) is 0. The smallest absolute Gasteiger partial charge is 0.214 e. The van der Waals surface area contributed by atoms with Crippen molar-refractivity contribution >= 4 is 10.0 Å². The summed E-state index contributed by atoms with van der Waals surface area (Å²) >= 11 is 0. The molecule has 1 atom stereocenters. The summed E-state index contributed by atoms with van der Waals surface area (Å²) in [7, 11) is -3.12. The second-order valence-corrected chi connectivity index (χ2v) is 7.50. The van der Waals surface area contributed by atoms with Crippen LogP contribution < -0.4 is 5.32 Å². The normalized spacial score (nSPS) is 21.2. The van der Waals surface area contributed by atoms with Crippen molar-refractivity contribution in [2.45, 2.75) is 52.1 Å². The third-order valence-corrected chi connectivity index (χ3v) is 5.40. The highest BCUT2D eigenvalue weighted by molar-refractivity contribution is 7.89. The molecule has 1 fully saturated rings. The molecule has 1 aliphatic heterocycles. The maximum atomic E-state index is 12.3. The van der Waals surface area contributed by atoms with Gasteiger partial charge in [0.1, 0.15) is 0 Å². The molecular weight excluding hydrogens is 276 g/mol. The van der Waals surface area contributed by atoms with Gasteiger partial charge in [0.2, 0.25) is 10.0 Å². The van der Waals surface area contributed by atoms with Crippen molar-refractivity contribution < 1.29 is 13.2 Å². The highest BCUT2D eigenvalue weighted by Crippen LogP contribution is 2.17. The van der Waals surface area contributed by atoms with Gasteiger partial charge in [-0.15, -0.1) is 0 Å². The van der Waals surface area contributed by atoms with Crippen LogP contribution in [0.25, 0.3) is 0 Å². The van der Waals surface area contributed by atoms with Crippen molar-refractivity contribution in [2.75, 3.05) is 38.5 Å². The van der Waals surface area contributed by atoms with E-state index < -0.39 is 10.0 Å². The monoisotopic (exact) mass is 306 g/mol. The van der Waals surface area contributed by atoms with Gasteiger partial charge in [-0.3, -0.25) is 0 Å². The van der Waals surface area contributed by atoms with Crippen molar-refractivity contribution in [3.05, 3.63) is 0 Å². The SMILES string of the molecule is CCCNCCCS(=O)(=O)N1CCCC(OCCC)C1. The molecule has 0 aromatic carbocycles. The summed E-state index contributed by atoms with van der Waals surface area (Å²) in [6.45, 7) is 7.81. The van der Waals surface area contributed by atoms with Crippen LogP contribution in [0.15, 0.2) is 0 Å². The average Bonchev–Trinajstić information content (AvgIpc) is 2.45. The summed E-state index contributed by atoms with van der Waals surface area (Å²) in [5.74, 6) is 0.240. The number of hydrogen-bond acceptors (Lipinski definition) is 4. The van der Waals surface area contributed by atoms with E-state index in [9.17, 15) is 8.42 Å². The van der Waals surface area contributed by atoms with Gasteiger partial charge >= 0.3 is 0 Å². The van der Waals surface area contributed by atoms with E-state index >= 15 is 0 Å². The molecule has 5 nitrogen and oxygen atoms in total. The Bertz CT molecular complexity index is 346. The van der Waals surface area contributed by atoms with Gasteiger partial charge in [-0.25, -0.2) is 8.42 Å². The summed E-state index contributed by atoms with van der Waals surface area (Å²) in [5.41, 5.74) is 0. The number of nitrogens with zero attached hydrogens (tertiary/aromatic N) is 1. The fraction of sp³-hybridized carbons (Fsp3) is 1.00. The molecule has 0 spiro atoms. The van der Waals surface area contributed by atoms with Crippen LogP contribution in [0.1, 0.15) is 46.0 Å². The van der Waals surface area contributed by atoms with Gasteiger partial charge < -0.3 is 10.1 Å². The Kier molecular flexibility index (Phi) is 8.68. The predicted octanol–water partition coefficient (Wildman–Crippen LogP) is 1.60. The third kappa shape index (κ3) is 6.52. The molecule has 1 heterocycles. The Hall–Kier alpha value is -0.170. The number of ether oxygens (including phenoxy) is 1. The summed E-state index contributed by atoms with van der Waals surface area (Å²) in [5, 5.41) is 3.24. The molecule has 1 saturated heterocycles. The second kappa shape index (κ2) is 9.71. The molecule has 0 saturated carbocycles. The van der Waals surface area contributed by atoms with Crippen molar-refractivity contribution in [1.29, 1.82) is 0 Å². The molecule has 0 aliphatic carbocycles. The van der Waals surface area contributed by atoms with Crippen LogP contribution in [0.2, 0.25) is 0 Å². The average molecular weight is 306 g/mol. The minimum Gasteiger partial charge on any atom is -0.377 e. The fourth-order valence-electron chi connectivity index (χ4n) is 2.39. The van der Waals surface area contributed by atoms with Crippen LogP contribution in [0.3, 0.4) is 0 Å². The molecule has 1 aliphatic rings. The van der Waals surface area contributed by atoms with E-state index in [-0.39, 0.29) is 11.9 Å². The molecule has 0 amide bonds. The van der Waals surface area contributed by atoms with Gasteiger partial charge in [-0.05, 0) is 45.2 Å². The largest absolute Gasteiger partial charge is 0.377 e. The Morgan fingerprint density at radius 1 is 1.25 bits per heavy atom. The number of hydrogen-bond donors (Lipinski definition) is 1. The van der Waals surface area contributed by atoms with Gasteiger partial charge in [0.25, 0.3) is 0 Å². The van der Waals surface area contributed by atoms with E-state index in [0.29, 0.717) is 19.5 Å². The molecular formula is C14H30N2O3S. The maximum absolute atomic E-state index is 12.3. The van der Waals surface area contributed by atoms with Crippen LogP contribution in [-0.4, -0.2) is 57.4 Å². The van der Waals surface area contributed by atoms with Gasteiger partial charge in [0.05, 0.1) is 11.9 Å². The van der Waals surface area contributed by atoms with Crippen molar-refractivity contribution in [3.63, 3.8) is 0 Å². The van der Waals surface area contributed by atoms with E-state index in [4.69, 9.17) is 4.74 Å². The zero-order valence-corrected chi connectivity index (χ0v) is 13.8. The summed E-state index contributed by atoms with van der Waals surface area (Å²) in [6, 6.07) is 0. The first-order valence-electron chi connectivity index (χ1n) is 7.90. The zero-order chi connectivity index (χ0) is 14.8. The van der Waals surface area contributed by atoms with E-state index in [2.05, 4.69) is 19.2 Å². The standard InChI is InChI=1S/C14H30N2O3S/c1-3-8-15-9-6-12-20(17,18)16-10-5-7-14(13-16)19-11-4-2/h14-15H,3-13H2,1-2H3. The first kappa shape index (κ1) is 17.9. The molecule has 0 aromatic rings. The van der Waals surface area contributed by atoms with E-state index in [1.165, 1.54) is 0 Å². The first-order chi connectivity index (χ1) is 9.60. The van der Waals surface area contributed by atoms with Gasteiger partial charge in [-0.2, -0.15) is 4.31 Å². The molecule has 1 N–H and O–H groups in total. The lowest BCUT2D eigenvalue weighted by atomic mass is 10.1. The van der Waals surface area contributed by atoms with Crippen LogP contribution in [0.4, 0.5) is 0 Å². The van der Waals surface area contributed by atoms with Crippen LogP contribution in [0.5, 0.6) is 0 Å². The highest BCUT2D eigenvalue weighted by Gasteiger charge is 2.28. The maximum Gasteiger partial charge on any atom is 0.214 e. The predicted molar refractivity (Wildman–Crippen MR) is 82.4 cm³/mol. The molecule has 0 aromatic heterocycles. The molecule has 1 unspecified atom stereocenters. The molecule has 20 heavy (non-hydrogen) atoms. The quantitative estimate of drug-likeness (QED) is 0.623. The van der Waals surface area contributed by atoms with Gasteiger partial charge in [0.15, 0.2) is 0 Å². The van der Waals surface area contributed by atoms with Crippen molar-refractivity contribution in [3.8, 4) is 0 Å². The Morgan fingerprint density at radius 2 is 2.05 bits per heavy atom. The highest BCUT2D eigenvalue weighted by atomic mass is 32.2. The Balaban J connectivity index is 2.34. The Labute approximate surface area is 124 Å². The third-order valence-electron chi connectivity index (χ3n) is 3.47. The lowest BCUT2D eigenvalue weighted by Gasteiger charge is -2.31. The van der Waals surface area contributed by atoms with Gasteiger partial charge in [-0.1, -0.05) is 13.8 Å². The van der Waals surface area contributed by atoms with Crippen molar-refractivity contribution in [1.82, 2.24) is 9.62 Å². The van der Waals surface area contributed by atoms with Crippen LogP contribution >= 0.6 is 0 Å². The second-order valence-electron chi connectivity index (χ2n) is 5.41. The number of rotatable bonds is 10. The summed E-state index contributed by atoms with van der Waals surface area (Å²) < 4.78 is 31.9. The first-order valence-corrected chi connectivity index (χ1v) is 9.51. The molecule has 0 radical (unpaired) electrons. The lowest BCUT2D eigenvalue weighted by Crippen LogP contribution is -2.44. The number of piperidine rings is 1. The molecule has 120 valence electrons. The van der Waals surface area contributed by atoms with E-state index in [1.54, 1.807) is 4.31 Å². The van der Waals surface area contributed by atoms with Crippen molar-refractivity contribution in [2.24, 2.45) is 0 Å². The fourth-order valence-corrected chi connectivity index (χ4v) is 3.96. The lowest BCUT2D eigenvalue weighted by molar-refractivity contribution is 0.0193. The molecule has 6 heteroatoms. The van der Waals surface area contributed by atoms with Crippen LogP contribution in [0, 0.1) is 0 Å². The van der Waals surface area contributed by atoms with E-state index in [0.717, 1.165) is 45.4 Å². The topological polar surface area (TPSA) is 58.6 Å². The van der Waals surface area contributed by atoms with E-state index in [1.807, 2.05) is 0 Å². The Morgan fingerprint density at radius 3 is 2.75 bits per heavy atom. The van der Waals surface area contributed by atoms with Crippen LogP contribution in [-0.2, 0) is 14.8 Å². The minimum absolute atomic E-state index is 0.0803. The summed E-state index contributed by atoms with van der Waals surface area (Å²) in [6.07, 6.45) is 4.70. The minimum atomic E-state index is -3.12. The zero-order valence-electron chi connectivity index (χ0n) is 12.9.